The van der Waals surface area contributed by atoms with Crippen molar-refractivity contribution in [1.82, 2.24) is 14.5 Å². The summed E-state index contributed by atoms with van der Waals surface area (Å²) in [7, 11) is 0. The highest BCUT2D eigenvalue weighted by atomic mass is 32.1. The van der Waals surface area contributed by atoms with Crippen LogP contribution < -0.4 is 10.5 Å². The topological polar surface area (TPSA) is 68.9 Å². The van der Waals surface area contributed by atoms with E-state index in [1.54, 1.807) is 10.9 Å². The van der Waals surface area contributed by atoms with E-state index < -0.39 is 0 Å². The molecular formula is C18H27N4O3S+. The van der Waals surface area contributed by atoms with Gasteiger partial charge in [0.1, 0.15) is 4.83 Å². The summed E-state index contributed by atoms with van der Waals surface area (Å²) in [5.41, 5.74) is 0.659. The summed E-state index contributed by atoms with van der Waals surface area (Å²) in [6, 6.07) is 0. The molecule has 1 aliphatic rings. The van der Waals surface area contributed by atoms with Crippen LogP contribution in [0.15, 0.2) is 11.1 Å². The third-order valence-corrected chi connectivity index (χ3v) is 6.24. The second-order valence-electron chi connectivity index (χ2n) is 6.57. The number of nitrogens with one attached hydrogen (secondary N) is 1. The average molecular weight is 380 g/mol. The van der Waals surface area contributed by atoms with E-state index in [0.29, 0.717) is 34.9 Å². The highest BCUT2D eigenvalue weighted by Crippen LogP contribution is 2.28. The molecular weight excluding hydrogens is 352 g/mol. The van der Waals surface area contributed by atoms with Gasteiger partial charge in [0.25, 0.3) is 11.5 Å². The quantitative estimate of drug-likeness (QED) is 0.726. The summed E-state index contributed by atoms with van der Waals surface area (Å²) >= 11 is 1.33. The zero-order chi connectivity index (χ0) is 18.7. The number of fused-ring (bicyclic) bond motifs is 1. The third-order valence-electron chi connectivity index (χ3n) is 5.05. The van der Waals surface area contributed by atoms with Crippen LogP contribution in [0.2, 0.25) is 0 Å². The number of aromatic nitrogens is 2. The van der Waals surface area contributed by atoms with E-state index in [9.17, 15) is 9.59 Å². The van der Waals surface area contributed by atoms with Crippen molar-refractivity contribution in [3.05, 3.63) is 27.1 Å². The first-order chi connectivity index (χ1) is 12.6. The Bertz CT molecular complexity index is 837. The number of thiophene rings is 1. The zero-order valence-corrected chi connectivity index (χ0v) is 16.5. The molecule has 1 aliphatic heterocycles. The molecule has 0 saturated carbocycles. The summed E-state index contributed by atoms with van der Waals surface area (Å²) in [5, 5.41) is 0.565. The fourth-order valence-electron chi connectivity index (χ4n) is 3.35. The largest absolute Gasteiger partial charge is 0.380 e. The van der Waals surface area contributed by atoms with Crippen molar-refractivity contribution in [1.29, 1.82) is 0 Å². The molecule has 0 aliphatic carbocycles. The Balaban J connectivity index is 1.86. The number of likely N-dealkylation sites (N-methyl/N-ethyl adjacent to an activating group) is 1. The molecule has 1 saturated heterocycles. The lowest BCUT2D eigenvalue weighted by atomic mass is 10.2. The maximum Gasteiger partial charge on any atom is 0.264 e. The number of rotatable bonds is 6. The van der Waals surface area contributed by atoms with Crippen LogP contribution in [0.5, 0.6) is 0 Å². The Labute approximate surface area is 157 Å². The number of piperazine rings is 1. The number of amides is 1. The molecule has 0 aromatic carbocycles. The van der Waals surface area contributed by atoms with Crippen LogP contribution in [-0.4, -0.2) is 66.3 Å². The minimum absolute atomic E-state index is 0.0286. The number of hydrogen-bond acceptors (Lipinski definition) is 5. The van der Waals surface area contributed by atoms with Gasteiger partial charge in [-0.25, -0.2) is 4.98 Å². The summed E-state index contributed by atoms with van der Waals surface area (Å²) < 4.78 is 6.89. The molecule has 0 spiro atoms. The molecule has 0 atom stereocenters. The molecule has 0 bridgehead atoms. The standard InChI is InChI=1S/C18H26N4O3S/c1-4-20-6-8-21(9-7-20)18(24)15-13(3)14-16(26-15)19-12-22(17(14)23)10-11-25-5-2/h12H,4-11H2,1-3H3/p+1. The van der Waals surface area contributed by atoms with Gasteiger partial charge in [0.2, 0.25) is 0 Å². The van der Waals surface area contributed by atoms with E-state index in [4.69, 9.17) is 4.74 Å². The Kier molecular flexibility index (Phi) is 6.05. The number of quaternary nitrogens is 1. The second-order valence-corrected chi connectivity index (χ2v) is 7.57. The lowest BCUT2D eigenvalue weighted by molar-refractivity contribution is -0.902. The van der Waals surface area contributed by atoms with E-state index in [2.05, 4.69) is 11.9 Å². The smallest absolute Gasteiger partial charge is 0.264 e. The van der Waals surface area contributed by atoms with Crippen LogP contribution in [0.25, 0.3) is 10.2 Å². The molecule has 8 heteroatoms. The fourth-order valence-corrected chi connectivity index (χ4v) is 4.46. The molecule has 3 heterocycles. The van der Waals surface area contributed by atoms with Gasteiger partial charge in [-0.2, -0.15) is 0 Å². The minimum Gasteiger partial charge on any atom is -0.380 e. The zero-order valence-electron chi connectivity index (χ0n) is 15.7. The Morgan fingerprint density at radius 2 is 2.08 bits per heavy atom. The van der Waals surface area contributed by atoms with Crippen molar-refractivity contribution in [2.24, 2.45) is 0 Å². The van der Waals surface area contributed by atoms with Crippen LogP contribution in [0.3, 0.4) is 0 Å². The molecule has 1 amide bonds. The number of aryl methyl sites for hydroxylation is 1. The SMILES string of the molecule is CCOCCn1cnc2sc(C(=O)N3CC[NH+](CC)CC3)c(C)c2c1=O. The third kappa shape index (κ3) is 3.67. The Morgan fingerprint density at radius 1 is 1.35 bits per heavy atom. The summed E-state index contributed by atoms with van der Waals surface area (Å²) in [5.74, 6) is 0.0286. The first-order valence-electron chi connectivity index (χ1n) is 9.25. The van der Waals surface area contributed by atoms with Crippen LogP contribution in [0.1, 0.15) is 29.1 Å². The lowest BCUT2D eigenvalue weighted by Crippen LogP contribution is -3.14. The molecule has 2 aromatic heterocycles. The lowest BCUT2D eigenvalue weighted by Gasteiger charge is -2.31. The van der Waals surface area contributed by atoms with Crippen molar-refractivity contribution in [2.45, 2.75) is 27.3 Å². The average Bonchev–Trinajstić information content (AvgIpc) is 3.00. The van der Waals surface area contributed by atoms with Crippen molar-refractivity contribution in [3.63, 3.8) is 0 Å². The van der Waals surface area contributed by atoms with Gasteiger partial charge >= 0.3 is 0 Å². The summed E-state index contributed by atoms with van der Waals surface area (Å²) in [6.07, 6.45) is 1.55. The van der Waals surface area contributed by atoms with Crippen molar-refractivity contribution in [3.8, 4) is 0 Å². The van der Waals surface area contributed by atoms with Crippen LogP contribution >= 0.6 is 11.3 Å². The van der Waals surface area contributed by atoms with Crippen molar-refractivity contribution < 1.29 is 14.4 Å². The van der Waals surface area contributed by atoms with Crippen LogP contribution in [0, 0.1) is 6.92 Å². The summed E-state index contributed by atoms with van der Waals surface area (Å²) in [6.45, 7) is 12.1. The Morgan fingerprint density at radius 3 is 2.73 bits per heavy atom. The van der Waals surface area contributed by atoms with E-state index in [-0.39, 0.29) is 11.5 Å². The van der Waals surface area contributed by atoms with Crippen molar-refractivity contribution >= 4 is 27.5 Å². The molecule has 3 rings (SSSR count). The van der Waals surface area contributed by atoms with Gasteiger partial charge in [0, 0.05) is 6.61 Å². The highest BCUT2D eigenvalue weighted by molar-refractivity contribution is 7.20. The van der Waals surface area contributed by atoms with Crippen LogP contribution in [-0.2, 0) is 11.3 Å². The fraction of sp³-hybridized carbons (Fsp3) is 0.611. The summed E-state index contributed by atoms with van der Waals surface area (Å²) in [4.78, 5) is 34.9. The molecule has 2 aromatic rings. The van der Waals surface area contributed by atoms with E-state index in [1.807, 2.05) is 18.7 Å². The molecule has 26 heavy (non-hydrogen) atoms. The molecule has 0 unspecified atom stereocenters. The molecule has 0 radical (unpaired) electrons. The first kappa shape index (κ1) is 19.0. The van der Waals surface area contributed by atoms with E-state index >= 15 is 0 Å². The monoisotopic (exact) mass is 379 g/mol. The second kappa shape index (κ2) is 8.28. The highest BCUT2D eigenvalue weighted by Gasteiger charge is 2.27. The molecule has 7 nitrogen and oxygen atoms in total. The van der Waals surface area contributed by atoms with Crippen molar-refractivity contribution in [2.75, 3.05) is 45.9 Å². The maximum absolute atomic E-state index is 13.0. The van der Waals surface area contributed by atoms with Gasteiger partial charge in [-0.1, -0.05) is 0 Å². The predicted molar refractivity (Wildman–Crippen MR) is 102 cm³/mol. The minimum atomic E-state index is -0.0947. The number of ether oxygens (including phenoxy) is 1. The normalized spacial score (nSPS) is 15.7. The molecule has 1 fully saturated rings. The molecule has 142 valence electrons. The van der Waals surface area contributed by atoms with Crippen LogP contribution in [0.4, 0.5) is 0 Å². The first-order valence-corrected chi connectivity index (χ1v) is 10.1. The maximum atomic E-state index is 13.0. The number of carbonyl (C=O) groups excluding carboxylic acids is 1. The van der Waals surface area contributed by atoms with Gasteiger partial charge in [-0.3, -0.25) is 14.2 Å². The van der Waals surface area contributed by atoms with Gasteiger partial charge in [-0.05, 0) is 26.3 Å². The van der Waals surface area contributed by atoms with Gasteiger partial charge in [0.05, 0.1) is 62.5 Å². The van der Waals surface area contributed by atoms with Gasteiger partial charge < -0.3 is 14.5 Å². The molecule has 1 N–H and O–H groups in total. The Hall–Kier alpha value is -1.77. The predicted octanol–water partition coefficient (Wildman–Crippen LogP) is 0.164. The van der Waals surface area contributed by atoms with Gasteiger partial charge in [0.15, 0.2) is 0 Å². The number of nitrogens with zero attached hydrogens (tertiary/aromatic N) is 3. The number of carbonyl (C=O) groups is 1. The van der Waals surface area contributed by atoms with E-state index in [1.165, 1.54) is 16.2 Å². The van der Waals surface area contributed by atoms with Gasteiger partial charge in [-0.15, -0.1) is 11.3 Å². The number of hydrogen-bond donors (Lipinski definition) is 1. The van der Waals surface area contributed by atoms with E-state index in [0.717, 1.165) is 38.3 Å².